The molecule has 3 rings (SSSR count). The van der Waals surface area contributed by atoms with E-state index >= 15 is 0 Å². The zero-order valence-electron chi connectivity index (χ0n) is 11.7. The van der Waals surface area contributed by atoms with E-state index in [4.69, 9.17) is 16.0 Å². The molecule has 3 aromatic rings. The van der Waals surface area contributed by atoms with Gasteiger partial charge in [0.1, 0.15) is 5.39 Å². The highest BCUT2D eigenvalue weighted by Gasteiger charge is 2.14. The lowest BCUT2D eigenvalue weighted by Crippen LogP contribution is -2.16. The normalized spacial score (nSPS) is 10.7. The number of hydrogen-bond acceptors (Lipinski definition) is 4. The summed E-state index contributed by atoms with van der Waals surface area (Å²) in [5.41, 5.74) is 1.12. The third-order valence-electron chi connectivity index (χ3n) is 3.23. The minimum Gasteiger partial charge on any atom is -0.388 e. The molecule has 0 aliphatic rings. The van der Waals surface area contributed by atoms with Gasteiger partial charge in [-0.05, 0) is 23.8 Å². The van der Waals surface area contributed by atoms with E-state index < -0.39 is 5.63 Å². The van der Waals surface area contributed by atoms with Gasteiger partial charge in [-0.2, -0.15) is 4.98 Å². The maximum atomic E-state index is 12.4. The maximum Gasteiger partial charge on any atom is 0.349 e. The Morgan fingerprint density at radius 2 is 2.00 bits per heavy atom. The number of halogens is 2. The number of hydrogen-bond donors (Lipinski definition) is 1. The van der Waals surface area contributed by atoms with Gasteiger partial charge in [0.15, 0.2) is 0 Å². The van der Waals surface area contributed by atoms with Crippen LogP contribution in [-0.4, -0.2) is 10.9 Å². The molecular weight excluding hydrogens is 431 g/mol. The SMILES string of the molecule is O=C(Nc1nc2cccc(Cl)c2c(=O)o1)c1ccccc1CI. The molecule has 1 amide bonds. The van der Waals surface area contributed by atoms with Gasteiger partial charge >= 0.3 is 11.6 Å². The second kappa shape index (κ2) is 6.67. The van der Waals surface area contributed by atoms with Gasteiger partial charge in [0, 0.05) is 9.99 Å². The Hall–Kier alpha value is -1.93. The molecule has 0 bridgehead atoms. The summed E-state index contributed by atoms with van der Waals surface area (Å²) in [5, 5.41) is 2.98. The van der Waals surface area contributed by atoms with Crippen LogP contribution in [0.2, 0.25) is 5.02 Å². The van der Waals surface area contributed by atoms with Crippen molar-refractivity contribution in [3.63, 3.8) is 0 Å². The molecule has 0 spiro atoms. The van der Waals surface area contributed by atoms with Gasteiger partial charge in [-0.1, -0.05) is 58.5 Å². The first kappa shape index (κ1) is 15.9. The van der Waals surface area contributed by atoms with E-state index in [0.717, 1.165) is 5.56 Å². The van der Waals surface area contributed by atoms with Crippen molar-refractivity contribution in [3.8, 4) is 0 Å². The molecule has 0 aliphatic heterocycles. The zero-order valence-corrected chi connectivity index (χ0v) is 14.6. The molecule has 5 nitrogen and oxygen atoms in total. The highest BCUT2D eigenvalue weighted by atomic mass is 127. The predicted molar refractivity (Wildman–Crippen MR) is 97.4 cm³/mol. The first-order chi connectivity index (χ1) is 11.1. The molecule has 0 fully saturated rings. The first-order valence-electron chi connectivity index (χ1n) is 6.64. The predicted octanol–water partition coefficient (Wildman–Crippen LogP) is 4.03. The lowest BCUT2D eigenvalue weighted by Gasteiger charge is -2.07. The van der Waals surface area contributed by atoms with E-state index in [2.05, 4.69) is 32.9 Å². The average Bonchev–Trinajstić information content (AvgIpc) is 2.54. The smallest absolute Gasteiger partial charge is 0.349 e. The molecular formula is C16H10ClIN2O3. The van der Waals surface area contributed by atoms with Crippen LogP contribution in [0.25, 0.3) is 10.9 Å². The van der Waals surface area contributed by atoms with E-state index in [1.165, 1.54) is 0 Å². The standard InChI is InChI=1S/C16H10ClIN2O3/c17-11-6-3-7-12-13(11)15(22)23-16(19-12)20-14(21)10-5-2-1-4-9(10)8-18/h1-7H,8H2,(H,19,20,21). The van der Waals surface area contributed by atoms with Crippen LogP contribution in [0.5, 0.6) is 0 Å². The number of nitrogens with zero attached hydrogens (tertiary/aromatic N) is 1. The fourth-order valence-corrected chi connectivity index (χ4v) is 3.07. The Kier molecular flexibility index (Phi) is 4.63. The van der Waals surface area contributed by atoms with Crippen LogP contribution in [0.3, 0.4) is 0 Å². The second-order valence-corrected chi connectivity index (χ2v) is 5.86. The van der Waals surface area contributed by atoms with E-state index in [1.54, 1.807) is 30.3 Å². The van der Waals surface area contributed by atoms with Crippen molar-refractivity contribution < 1.29 is 9.21 Å². The topological polar surface area (TPSA) is 72.2 Å². The monoisotopic (exact) mass is 440 g/mol. The molecule has 7 heteroatoms. The molecule has 0 saturated carbocycles. The average molecular weight is 441 g/mol. The lowest BCUT2D eigenvalue weighted by molar-refractivity contribution is 0.102. The van der Waals surface area contributed by atoms with Crippen LogP contribution in [0.1, 0.15) is 15.9 Å². The van der Waals surface area contributed by atoms with Gasteiger partial charge in [0.05, 0.1) is 10.5 Å². The van der Waals surface area contributed by atoms with Gasteiger partial charge in [0.2, 0.25) is 0 Å². The second-order valence-electron chi connectivity index (χ2n) is 4.69. The number of rotatable bonds is 3. The summed E-state index contributed by atoms with van der Waals surface area (Å²) in [6.07, 6.45) is 0. The zero-order chi connectivity index (χ0) is 16.4. The van der Waals surface area contributed by atoms with Crippen molar-refractivity contribution in [3.05, 3.63) is 69.0 Å². The molecule has 0 radical (unpaired) electrons. The highest BCUT2D eigenvalue weighted by Crippen LogP contribution is 2.20. The minimum absolute atomic E-state index is 0.155. The van der Waals surface area contributed by atoms with Crippen LogP contribution in [0.15, 0.2) is 51.7 Å². The summed E-state index contributed by atoms with van der Waals surface area (Å²) >= 11 is 8.15. The molecule has 0 atom stereocenters. The van der Waals surface area contributed by atoms with E-state index in [-0.39, 0.29) is 22.3 Å². The molecule has 116 valence electrons. The van der Waals surface area contributed by atoms with Crippen LogP contribution < -0.4 is 10.9 Å². The molecule has 0 unspecified atom stereocenters. The first-order valence-corrected chi connectivity index (χ1v) is 8.55. The molecule has 1 aromatic heterocycles. The number of carbonyl (C=O) groups excluding carboxylic acids is 1. The third kappa shape index (κ3) is 3.23. The summed E-state index contributed by atoms with van der Waals surface area (Å²) < 4.78 is 5.74. The molecule has 0 aliphatic carbocycles. The van der Waals surface area contributed by atoms with Crippen molar-refractivity contribution in [2.24, 2.45) is 0 Å². The molecule has 23 heavy (non-hydrogen) atoms. The third-order valence-corrected chi connectivity index (χ3v) is 4.37. The molecule has 2 aromatic carbocycles. The Labute approximate surface area is 149 Å². The largest absolute Gasteiger partial charge is 0.388 e. The summed E-state index contributed by atoms with van der Waals surface area (Å²) in [7, 11) is 0. The van der Waals surface area contributed by atoms with Crippen LogP contribution in [0, 0.1) is 0 Å². The maximum absolute atomic E-state index is 12.4. The lowest BCUT2D eigenvalue weighted by atomic mass is 10.1. The number of benzene rings is 2. The molecule has 1 heterocycles. The van der Waals surface area contributed by atoms with E-state index in [9.17, 15) is 9.59 Å². The number of fused-ring (bicyclic) bond motifs is 1. The Bertz CT molecular complexity index is 955. The van der Waals surface area contributed by atoms with Crippen molar-refractivity contribution in [2.45, 2.75) is 4.43 Å². The molecule has 1 N–H and O–H groups in total. The van der Waals surface area contributed by atoms with Crippen molar-refractivity contribution in [1.29, 1.82) is 0 Å². The number of alkyl halides is 1. The number of amides is 1. The van der Waals surface area contributed by atoms with Crippen molar-refractivity contribution in [1.82, 2.24) is 4.98 Å². The Morgan fingerprint density at radius 1 is 1.22 bits per heavy atom. The van der Waals surface area contributed by atoms with Gasteiger partial charge < -0.3 is 4.42 Å². The highest BCUT2D eigenvalue weighted by molar-refractivity contribution is 14.1. The number of nitrogens with one attached hydrogen (secondary N) is 1. The fraction of sp³-hybridized carbons (Fsp3) is 0.0625. The minimum atomic E-state index is -0.641. The van der Waals surface area contributed by atoms with Gasteiger partial charge in [-0.25, -0.2) is 4.79 Å². The summed E-state index contributed by atoms with van der Waals surface area (Å²) in [5.74, 6) is -0.380. The van der Waals surface area contributed by atoms with Crippen molar-refractivity contribution >= 4 is 57.0 Å². The van der Waals surface area contributed by atoms with E-state index in [0.29, 0.717) is 15.5 Å². The van der Waals surface area contributed by atoms with Gasteiger partial charge in [0.25, 0.3) is 5.91 Å². The van der Waals surface area contributed by atoms with Crippen molar-refractivity contribution in [2.75, 3.05) is 5.32 Å². The summed E-state index contributed by atoms with van der Waals surface area (Å²) in [6, 6.07) is 11.9. The summed E-state index contributed by atoms with van der Waals surface area (Å²) in [4.78, 5) is 28.5. The quantitative estimate of drug-likeness (QED) is 0.493. The molecule has 0 saturated heterocycles. The number of carbonyl (C=O) groups is 1. The van der Waals surface area contributed by atoms with Crippen LogP contribution in [-0.2, 0) is 4.43 Å². The number of aromatic nitrogens is 1. The van der Waals surface area contributed by atoms with Gasteiger partial charge in [-0.15, -0.1) is 0 Å². The van der Waals surface area contributed by atoms with Gasteiger partial charge in [-0.3, -0.25) is 10.1 Å². The fourth-order valence-electron chi connectivity index (χ4n) is 2.16. The van der Waals surface area contributed by atoms with E-state index in [1.807, 2.05) is 12.1 Å². The summed E-state index contributed by atoms with van der Waals surface area (Å²) in [6.45, 7) is 0. The van der Waals surface area contributed by atoms with Crippen LogP contribution in [0.4, 0.5) is 6.01 Å². The Balaban J connectivity index is 1.99. The van der Waals surface area contributed by atoms with Crippen LogP contribution >= 0.6 is 34.2 Å². The number of anilines is 1. The Morgan fingerprint density at radius 3 is 2.78 bits per heavy atom.